The van der Waals surface area contributed by atoms with Gasteiger partial charge in [-0.1, -0.05) is 36.4 Å². The highest BCUT2D eigenvalue weighted by molar-refractivity contribution is 7.92. The highest BCUT2D eigenvalue weighted by atomic mass is 32.2. The molecule has 1 heterocycles. The zero-order chi connectivity index (χ0) is 25.7. The fourth-order valence-corrected chi connectivity index (χ4v) is 4.91. The van der Waals surface area contributed by atoms with Crippen LogP contribution in [0, 0.1) is 6.92 Å². The average Bonchev–Trinajstić information content (AvgIpc) is 2.88. The molecule has 1 aliphatic heterocycles. The number of sulfonamides is 1. The second kappa shape index (κ2) is 10.9. The molecule has 0 atom stereocenters. The van der Waals surface area contributed by atoms with Crippen molar-refractivity contribution in [1.29, 1.82) is 0 Å². The van der Waals surface area contributed by atoms with Gasteiger partial charge in [0.1, 0.15) is 0 Å². The number of nitrogens with zero attached hydrogens (tertiary/aromatic N) is 2. The minimum Gasteiger partial charge on any atom is -0.378 e. The number of hydrogen-bond acceptors (Lipinski definition) is 5. The van der Waals surface area contributed by atoms with Crippen LogP contribution in [0.2, 0.25) is 0 Å². The fraction of sp³-hybridized carbons (Fsp3) is 0.259. The van der Waals surface area contributed by atoms with Gasteiger partial charge in [-0.3, -0.25) is 13.9 Å². The lowest BCUT2D eigenvalue weighted by atomic mass is 10.1. The third-order valence-electron chi connectivity index (χ3n) is 6.10. The van der Waals surface area contributed by atoms with Crippen LogP contribution < -0.4 is 9.62 Å². The van der Waals surface area contributed by atoms with E-state index in [0.29, 0.717) is 48.8 Å². The molecule has 1 aliphatic rings. The van der Waals surface area contributed by atoms with Crippen LogP contribution in [0.15, 0.2) is 72.8 Å². The molecule has 4 rings (SSSR count). The first-order valence-corrected chi connectivity index (χ1v) is 13.5. The molecule has 8 nitrogen and oxygen atoms in total. The second-order valence-corrected chi connectivity index (χ2v) is 10.6. The van der Waals surface area contributed by atoms with Crippen molar-refractivity contribution in [1.82, 2.24) is 4.90 Å². The minimum absolute atomic E-state index is 0.162. The van der Waals surface area contributed by atoms with E-state index in [0.717, 1.165) is 17.4 Å². The van der Waals surface area contributed by atoms with Gasteiger partial charge in [-0.15, -0.1) is 0 Å². The summed E-state index contributed by atoms with van der Waals surface area (Å²) in [5, 5.41) is 2.82. The zero-order valence-corrected chi connectivity index (χ0v) is 21.1. The Labute approximate surface area is 211 Å². The van der Waals surface area contributed by atoms with Crippen molar-refractivity contribution in [2.75, 3.05) is 42.2 Å². The van der Waals surface area contributed by atoms with Gasteiger partial charge < -0.3 is 15.0 Å². The topological polar surface area (TPSA) is 96.0 Å². The summed E-state index contributed by atoms with van der Waals surface area (Å²) in [6.07, 6.45) is 1.16. The van der Waals surface area contributed by atoms with Gasteiger partial charge in [0.15, 0.2) is 0 Å². The molecule has 188 valence electrons. The smallest absolute Gasteiger partial charge is 0.256 e. The van der Waals surface area contributed by atoms with E-state index in [4.69, 9.17) is 4.74 Å². The number of rotatable bonds is 7. The van der Waals surface area contributed by atoms with E-state index in [2.05, 4.69) is 5.32 Å². The minimum atomic E-state index is -3.56. The Bertz CT molecular complexity index is 1350. The van der Waals surface area contributed by atoms with Gasteiger partial charge in [0, 0.05) is 18.7 Å². The van der Waals surface area contributed by atoms with Crippen LogP contribution in [0.1, 0.15) is 31.8 Å². The van der Waals surface area contributed by atoms with Crippen LogP contribution in [0.3, 0.4) is 0 Å². The molecule has 9 heteroatoms. The molecule has 0 aliphatic carbocycles. The molecule has 0 bridgehead atoms. The van der Waals surface area contributed by atoms with Gasteiger partial charge in [-0.05, 0) is 54.4 Å². The quantitative estimate of drug-likeness (QED) is 0.526. The number of aryl methyl sites for hydroxylation is 1. The molecule has 0 spiro atoms. The number of para-hydroxylation sites is 1. The van der Waals surface area contributed by atoms with Gasteiger partial charge in [0.25, 0.3) is 11.8 Å². The van der Waals surface area contributed by atoms with Crippen molar-refractivity contribution in [2.24, 2.45) is 0 Å². The van der Waals surface area contributed by atoms with Crippen LogP contribution in [-0.4, -0.2) is 57.7 Å². The molecule has 3 aromatic rings. The molecular formula is C27H29N3O5S. The first-order valence-electron chi connectivity index (χ1n) is 11.6. The fourth-order valence-electron chi connectivity index (χ4n) is 4.03. The Kier molecular flexibility index (Phi) is 7.71. The zero-order valence-electron chi connectivity index (χ0n) is 20.3. The first-order chi connectivity index (χ1) is 17.2. The van der Waals surface area contributed by atoms with E-state index in [1.165, 1.54) is 4.31 Å². The molecule has 1 fully saturated rings. The van der Waals surface area contributed by atoms with Crippen molar-refractivity contribution in [3.8, 4) is 0 Å². The first kappa shape index (κ1) is 25.4. The number of anilines is 2. The predicted octanol–water partition coefficient (Wildman–Crippen LogP) is 3.69. The van der Waals surface area contributed by atoms with Crippen molar-refractivity contribution in [3.05, 3.63) is 95.1 Å². The number of benzene rings is 3. The number of carbonyl (C=O) groups excluding carboxylic acids is 2. The Morgan fingerprint density at radius 1 is 0.944 bits per heavy atom. The van der Waals surface area contributed by atoms with Crippen molar-refractivity contribution in [2.45, 2.75) is 13.5 Å². The summed E-state index contributed by atoms with van der Waals surface area (Å²) in [7, 11) is -3.56. The molecule has 0 saturated carbocycles. The third kappa shape index (κ3) is 5.92. The van der Waals surface area contributed by atoms with E-state index < -0.39 is 15.9 Å². The number of carbonyl (C=O) groups is 2. The van der Waals surface area contributed by atoms with Gasteiger partial charge in [-0.25, -0.2) is 8.42 Å². The summed E-state index contributed by atoms with van der Waals surface area (Å²) in [5.41, 5.74) is 3.52. The van der Waals surface area contributed by atoms with Crippen molar-refractivity contribution >= 4 is 33.2 Å². The Morgan fingerprint density at radius 2 is 1.58 bits per heavy atom. The van der Waals surface area contributed by atoms with Crippen molar-refractivity contribution < 1.29 is 22.7 Å². The summed E-state index contributed by atoms with van der Waals surface area (Å²) in [6, 6.07) is 20.9. The van der Waals surface area contributed by atoms with E-state index >= 15 is 0 Å². The van der Waals surface area contributed by atoms with Gasteiger partial charge in [0.2, 0.25) is 10.0 Å². The molecule has 1 N–H and O–H groups in total. The lowest BCUT2D eigenvalue weighted by Gasteiger charge is -2.27. The summed E-state index contributed by atoms with van der Waals surface area (Å²) >= 11 is 0. The second-order valence-electron chi connectivity index (χ2n) is 8.65. The van der Waals surface area contributed by atoms with E-state index in [1.807, 2.05) is 31.2 Å². The summed E-state index contributed by atoms with van der Waals surface area (Å²) in [5.74, 6) is -0.557. The molecular weight excluding hydrogens is 478 g/mol. The van der Waals surface area contributed by atoms with Crippen LogP contribution in [-0.2, 0) is 21.3 Å². The third-order valence-corrected chi connectivity index (χ3v) is 7.24. The summed E-state index contributed by atoms with van der Waals surface area (Å²) < 4.78 is 31.7. The Morgan fingerprint density at radius 3 is 2.25 bits per heavy atom. The monoisotopic (exact) mass is 507 g/mol. The average molecular weight is 508 g/mol. The lowest BCUT2D eigenvalue weighted by Crippen LogP contribution is -2.41. The molecule has 3 aromatic carbocycles. The molecule has 2 amide bonds. The normalized spacial score (nSPS) is 13.8. The molecule has 36 heavy (non-hydrogen) atoms. The molecule has 0 unspecified atom stereocenters. The van der Waals surface area contributed by atoms with E-state index in [-0.39, 0.29) is 12.5 Å². The predicted molar refractivity (Wildman–Crippen MR) is 140 cm³/mol. The number of morpholine rings is 1. The Balaban J connectivity index is 1.52. The number of hydrogen-bond donors (Lipinski definition) is 1. The standard InChI is InChI=1S/C27H29N3O5S/c1-20-7-3-4-8-22(20)19-30(36(2,33)34)23-13-11-21(12-14-23)26(31)28-25-10-6-5-9-24(25)27(32)29-15-17-35-18-16-29/h3-14H,15-19H2,1-2H3,(H,28,31). The molecule has 0 radical (unpaired) electrons. The maximum absolute atomic E-state index is 13.0. The van der Waals surface area contributed by atoms with Crippen LogP contribution in [0.5, 0.6) is 0 Å². The highest BCUT2D eigenvalue weighted by Gasteiger charge is 2.22. The number of amides is 2. The summed E-state index contributed by atoms with van der Waals surface area (Å²) in [4.78, 5) is 27.7. The van der Waals surface area contributed by atoms with Crippen molar-refractivity contribution in [3.63, 3.8) is 0 Å². The van der Waals surface area contributed by atoms with Gasteiger partial charge in [-0.2, -0.15) is 0 Å². The van der Waals surface area contributed by atoms with Gasteiger partial charge in [0.05, 0.1) is 43.0 Å². The number of nitrogens with one attached hydrogen (secondary N) is 1. The largest absolute Gasteiger partial charge is 0.378 e. The van der Waals surface area contributed by atoms with E-state index in [1.54, 1.807) is 53.4 Å². The van der Waals surface area contributed by atoms with Crippen LogP contribution in [0.25, 0.3) is 0 Å². The maximum atomic E-state index is 13.0. The molecule has 0 aromatic heterocycles. The highest BCUT2D eigenvalue weighted by Crippen LogP contribution is 2.24. The molecule has 1 saturated heterocycles. The van der Waals surface area contributed by atoms with Crippen LogP contribution >= 0.6 is 0 Å². The SMILES string of the molecule is Cc1ccccc1CN(c1ccc(C(=O)Nc2ccccc2C(=O)N2CCOCC2)cc1)S(C)(=O)=O. The van der Waals surface area contributed by atoms with E-state index in [9.17, 15) is 18.0 Å². The number of ether oxygens (including phenoxy) is 1. The lowest BCUT2D eigenvalue weighted by molar-refractivity contribution is 0.0303. The Hall–Kier alpha value is -3.69. The van der Waals surface area contributed by atoms with Gasteiger partial charge >= 0.3 is 0 Å². The summed E-state index contributed by atoms with van der Waals surface area (Å²) in [6.45, 7) is 4.10. The van der Waals surface area contributed by atoms with Crippen LogP contribution in [0.4, 0.5) is 11.4 Å². The maximum Gasteiger partial charge on any atom is 0.256 e.